The van der Waals surface area contributed by atoms with Gasteiger partial charge in [-0.15, -0.1) is 12.4 Å². The summed E-state index contributed by atoms with van der Waals surface area (Å²) in [5, 5.41) is 11.9. The minimum Gasteiger partial charge on any atom is -0.480 e. The molecule has 0 aromatic heterocycles. The van der Waals surface area contributed by atoms with Crippen LogP contribution in [-0.2, 0) is 9.59 Å². The molecule has 118 valence electrons. The van der Waals surface area contributed by atoms with E-state index in [0.29, 0.717) is 10.0 Å². The van der Waals surface area contributed by atoms with E-state index >= 15 is 0 Å². The molecule has 8 heteroatoms. The lowest BCUT2D eigenvalue weighted by molar-refractivity contribution is -0.138. The number of aliphatic carboxylic acids is 1. The Balaban J connectivity index is 0.00000400. The van der Waals surface area contributed by atoms with Crippen molar-refractivity contribution in [3.63, 3.8) is 0 Å². The number of hydrogen-bond acceptors (Lipinski definition) is 3. The Morgan fingerprint density at radius 3 is 2.52 bits per heavy atom. The van der Waals surface area contributed by atoms with Crippen LogP contribution in [0, 0.1) is 0 Å². The summed E-state index contributed by atoms with van der Waals surface area (Å²) in [5.41, 5.74) is 0.851. The summed E-state index contributed by atoms with van der Waals surface area (Å²) in [6, 6.07) is 5.08. The Hall–Kier alpha value is -1.01. The Morgan fingerprint density at radius 2 is 2.00 bits per heavy atom. The van der Waals surface area contributed by atoms with Crippen LogP contribution in [0.1, 0.15) is 18.5 Å². The molecule has 1 atom stereocenters. The second-order valence-corrected chi connectivity index (χ2v) is 5.27. The molecule has 0 fully saturated rings. The van der Waals surface area contributed by atoms with Gasteiger partial charge in [0.15, 0.2) is 0 Å². The SMILES string of the molecule is CC(c1ccc(Cl)cc1Cl)N(C)CC(=O)NCC(=O)O.Cl. The number of amides is 1. The molecular weight excluding hydrogens is 339 g/mol. The molecule has 21 heavy (non-hydrogen) atoms. The zero-order valence-corrected chi connectivity index (χ0v) is 13.9. The van der Waals surface area contributed by atoms with Crippen LogP contribution < -0.4 is 5.32 Å². The van der Waals surface area contributed by atoms with Gasteiger partial charge >= 0.3 is 5.97 Å². The molecule has 0 spiro atoms. The average Bonchev–Trinajstić information content (AvgIpc) is 2.35. The molecule has 1 rings (SSSR count). The second-order valence-electron chi connectivity index (χ2n) is 4.43. The van der Waals surface area contributed by atoms with E-state index < -0.39 is 5.97 Å². The highest BCUT2D eigenvalue weighted by molar-refractivity contribution is 6.35. The van der Waals surface area contributed by atoms with Gasteiger partial charge in [-0.2, -0.15) is 0 Å². The maximum absolute atomic E-state index is 11.6. The number of carboxylic acids is 1. The molecule has 5 nitrogen and oxygen atoms in total. The predicted octanol–water partition coefficient (Wildman–Crippen LogP) is 2.61. The van der Waals surface area contributed by atoms with Crippen LogP contribution in [0.25, 0.3) is 0 Å². The summed E-state index contributed by atoms with van der Waals surface area (Å²) >= 11 is 12.0. The third kappa shape index (κ3) is 6.52. The molecule has 0 saturated carbocycles. The quantitative estimate of drug-likeness (QED) is 0.823. The Morgan fingerprint density at radius 1 is 1.38 bits per heavy atom. The molecule has 0 aliphatic heterocycles. The normalized spacial score (nSPS) is 11.7. The van der Waals surface area contributed by atoms with Crippen molar-refractivity contribution in [2.75, 3.05) is 20.1 Å². The van der Waals surface area contributed by atoms with E-state index in [4.69, 9.17) is 28.3 Å². The van der Waals surface area contributed by atoms with Crippen molar-refractivity contribution in [2.45, 2.75) is 13.0 Å². The Labute approximate surface area is 139 Å². The van der Waals surface area contributed by atoms with E-state index in [1.165, 1.54) is 0 Å². The summed E-state index contributed by atoms with van der Waals surface area (Å²) in [5.74, 6) is -1.43. The monoisotopic (exact) mass is 354 g/mol. The molecule has 0 aliphatic rings. The van der Waals surface area contributed by atoms with Crippen LogP contribution >= 0.6 is 35.6 Å². The largest absolute Gasteiger partial charge is 0.480 e. The zero-order valence-electron chi connectivity index (χ0n) is 11.6. The molecule has 0 bridgehead atoms. The van der Waals surface area contributed by atoms with Crippen molar-refractivity contribution in [3.8, 4) is 0 Å². The van der Waals surface area contributed by atoms with Crippen LogP contribution in [0.2, 0.25) is 10.0 Å². The number of halogens is 3. The molecule has 2 N–H and O–H groups in total. The van der Waals surface area contributed by atoms with Crippen LogP contribution in [0.15, 0.2) is 18.2 Å². The number of rotatable bonds is 6. The fraction of sp³-hybridized carbons (Fsp3) is 0.385. The fourth-order valence-corrected chi connectivity index (χ4v) is 2.24. The fourth-order valence-electron chi connectivity index (χ4n) is 1.67. The van der Waals surface area contributed by atoms with Gasteiger partial charge in [0.1, 0.15) is 6.54 Å². The summed E-state index contributed by atoms with van der Waals surface area (Å²) in [7, 11) is 1.76. The smallest absolute Gasteiger partial charge is 0.322 e. The van der Waals surface area contributed by atoms with E-state index in [2.05, 4.69) is 5.32 Å². The number of likely N-dealkylation sites (N-methyl/N-ethyl adjacent to an activating group) is 1. The van der Waals surface area contributed by atoms with E-state index in [-0.39, 0.29) is 37.4 Å². The molecule has 1 aromatic carbocycles. The van der Waals surface area contributed by atoms with Crippen molar-refractivity contribution in [3.05, 3.63) is 33.8 Å². The van der Waals surface area contributed by atoms with Crippen LogP contribution in [-0.4, -0.2) is 42.0 Å². The van der Waals surface area contributed by atoms with E-state index in [1.807, 2.05) is 6.92 Å². The molecule has 0 saturated heterocycles. The van der Waals surface area contributed by atoms with Crippen molar-refractivity contribution in [2.24, 2.45) is 0 Å². The Bertz CT molecular complexity index is 511. The molecule has 1 amide bonds. The number of nitrogens with zero attached hydrogens (tertiary/aromatic N) is 1. The Kier molecular flexibility index (Phi) is 8.66. The van der Waals surface area contributed by atoms with Gasteiger partial charge in [-0.25, -0.2) is 0 Å². The number of carbonyl (C=O) groups excluding carboxylic acids is 1. The van der Waals surface area contributed by atoms with Gasteiger partial charge in [-0.05, 0) is 31.7 Å². The maximum Gasteiger partial charge on any atom is 0.322 e. The van der Waals surface area contributed by atoms with Crippen LogP contribution in [0.5, 0.6) is 0 Å². The number of carbonyl (C=O) groups is 2. The van der Waals surface area contributed by atoms with Crippen molar-refractivity contribution in [1.82, 2.24) is 10.2 Å². The molecule has 0 aliphatic carbocycles. The standard InChI is InChI=1S/C13H16Cl2N2O3.ClH/c1-8(10-4-3-9(14)5-11(10)15)17(2)7-12(18)16-6-13(19)20;/h3-5,8H,6-7H2,1-2H3,(H,16,18)(H,19,20);1H. The summed E-state index contributed by atoms with van der Waals surface area (Å²) < 4.78 is 0. The van der Waals surface area contributed by atoms with Gasteiger partial charge in [-0.3, -0.25) is 14.5 Å². The van der Waals surface area contributed by atoms with E-state index in [9.17, 15) is 9.59 Å². The zero-order chi connectivity index (χ0) is 15.3. The topological polar surface area (TPSA) is 69.6 Å². The summed E-state index contributed by atoms with van der Waals surface area (Å²) in [4.78, 5) is 23.7. The summed E-state index contributed by atoms with van der Waals surface area (Å²) in [6.45, 7) is 1.59. The van der Waals surface area contributed by atoms with Crippen LogP contribution in [0.3, 0.4) is 0 Å². The molecule has 1 unspecified atom stereocenters. The van der Waals surface area contributed by atoms with Gasteiger partial charge in [0.25, 0.3) is 0 Å². The highest BCUT2D eigenvalue weighted by atomic mass is 35.5. The van der Waals surface area contributed by atoms with Crippen molar-refractivity contribution in [1.29, 1.82) is 0 Å². The lowest BCUT2D eigenvalue weighted by Crippen LogP contribution is -2.38. The highest BCUT2D eigenvalue weighted by Crippen LogP contribution is 2.28. The van der Waals surface area contributed by atoms with Gasteiger partial charge in [0, 0.05) is 16.1 Å². The van der Waals surface area contributed by atoms with Gasteiger partial charge in [0.2, 0.25) is 5.91 Å². The second kappa shape index (κ2) is 9.10. The third-order valence-corrected chi connectivity index (χ3v) is 3.47. The lowest BCUT2D eigenvalue weighted by Gasteiger charge is -2.25. The number of nitrogens with one attached hydrogen (secondary N) is 1. The minimum atomic E-state index is -1.07. The predicted molar refractivity (Wildman–Crippen MR) is 85.4 cm³/mol. The summed E-state index contributed by atoms with van der Waals surface area (Å²) in [6.07, 6.45) is 0. The number of hydrogen-bond donors (Lipinski definition) is 2. The third-order valence-electron chi connectivity index (χ3n) is 2.90. The van der Waals surface area contributed by atoms with E-state index in [0.717, 1.165) is 5.56 Å². The first-order valence-electron chi connectivity index (χ1n) is 5.95. The molecule has 1 aromatic rings. The minimum absolute atomic E-state index is 0. The lowest BCUT2D eigenvalue weighted by atomic mass is 10.1. The van der Waals surface area contributed by atoms with E-state index in [1.54, 1.807) is 30.1 Å². The van der Waals surface area contributed by atoms with Crippen LogP contribution in [0.4, 0.5) is 0 Å². The van der Waals surface area contributed by atoms with Crippen molar-refractivity contribution < 1.29 is 14.7 Å². The maximum atomic E-state index is 11.6. The number of carboxylic acid groups (broad SMARTS) is 1. The first-order valence-corrected chi connectivity index (χ1v) is 6.70. The average molecular weight is 356 g/mol. The molecule has 0 heterocycles. The highest BCUT2D eigenvalue weighted by Gasteiger charge is 2.17. The van der Waals surface area contributed by atoms with Gasteiger partial charge < -0.3 is 10.4 Å². The number of benzene rings is 1. The van der Waals surface area contributed by atoms with Crippen molar-refractivity contribution >= 4 is 47.5 Å². The van der Waals surface area contributed by atoms with Gasteiger partial charge in [-0.1, -0.05) is 29.3 Å². The first-order chi connectivity index (χ1) is 9.31. The van der Waals surface area contributed by atoms with Gasteiger partial charge in [0.05, 0.1) is 6.54 Å². The molecule has 0 radical (unpaired) electrons. The molecular formula is C13H17Cl3N2O3. The first kappa shape index (κ1) is 20.0.